The number of carbonyl (C=O) groups excluding carboxylic acids is 1. The van der Waals surface area contributed by atoms with Gasteiger partial charge in [0.1, 0.15) is 11.5 Å². The summed E-state index contributed by atoms with van der Waals surface area (Å²) in [6.07, 6.45) is 0.206. The number of benzene rings is 1. The average Bonchev–Trinajstić information content (AvgIpc) is 2.69. The monoisotopic (exact) mass is 259 g/mol. The molecular weight excluding hydrogens is 246 g/mol. The van der Waals surface area contributed by atoms with Crippen molar-refractivity contribution >= 4 is 11.5 Å². The number of furan rings is 1. The van der Waals surface area contributed by atoms with Gasteiger partial charge in [0.2, 0.25) is 0 Å². The summed E-state index contributed by atoms with van der Waals surface area (Å²) < 4.78 is 5.31. The summed E-state index contributed by atoms with van der Waals surface area (Å²) in [4.78, 5) is 22.1. The van der Waals surface area contributed by atoms with E-state index in [-0.39, 0.29) is 17.9 Å². The molecule has 0 bridgehead atoms. The zero-order valence-corrected chi connectivity index (χ0v) is 10.7. The molecule has 0 atom stereocenters. The van der Waals surface area contributed by atoms with E-state index in [9.17, 15) is 14.9 Å². The van der Waals surface area contributed by atoms with Gasteiger partial charge in [0.05, 0.1) is 10.5 Å². The first kappa shape index (κ1) is 13.0. The first-order chi connectivity index (χ1) is 8.97. The van der Waals surface area contributed by atoms with Crippen LogP contribution in [-0.4, -0.2) is 10.7 Å². The SMILES string of the molecule is Cc1cc(C(=O)Cc2ccc([N+](=O)[O-])cc2)c(C)o1. The van der Waals surface area contributed by atoms with Crippen LogP contribution in [0, 0.1) is 24.0 Å². The number of hydrogen-bond donors (Lipinski definition) is 0. The van der Waals surface area contributed by atoms with Gasteiger partial charge in [-0.05, 0) is 25.5 Å². The summed E-state index contributed by atoms with van der Waals surface area (Å²) in [7, 11) is 0. The van der Waals surface area contributed by atoms with E-state index in [1.807, 2.05) is 0 Å². The molecule has 0 N–H and O–H groups in total. The highest BCUT2D eigenvalue weighted by Crippen LogP contribution is 2.18. The predicted molar refractivity (Wildman–Crippen MR) is 69.3 cm³/mol. The van der Waals surface area contributed by atoms with E-state index in [2.05, 4.69) is 0 Å². The number of nitro groups is 1. The van der Waals surface area contributed by atoms with Crippen molar-refractivity contribution in [2.75, 3.05) is 0 Å². The first-order valence-corrected chi connectivity index (χ1v) is 5.81. The van der Waals surface area contributed by atoms with Gasteiger partial charge >= 0.3 is 0 Å². The number of aryl methyl sites for hydroxylation is 2. The third-order valence-corrected chi connectivity index (χ3v) is 2.85. The Hall–Kier alpha value is -2.43. The Labute approximate surface area is 110 Å². The van der Waals surface area contributed by atoms with Crippen molar-refractivity contribution in [3.63, 3.8) is 0 Å². The van der Waals surface area contributed by atoms with Gasteiger partial charge in [-0.1, -0.05) is 12.1 Å². The van der Waals surface area contributed by atoms with Gasteiger partial charge in [-0.25, -0.2) is 0 Å². The van der Waals surface area contributed by atoms with E-state index in [0.29, 0.717) is 17.1 Å². The second-order valence-electron chi connectivity index (χ2n) is 4.35. The zero-order valence-electron chi connectivity index (χ0n) is 10.7. The van der Waals surface area contributed by atoms with Crippen molar-refractivity contribution in [2.24, 2.45) is 0 Å². The molecule has 0 unspecified atom stereocenters. The molecule has 5 nitrogen and oxygen atoms in total. The minimum Gasteiger partial charge on any atom is -0.466 e. The van der Waals surface area contributed by atoms with Crippen LogP contribution in [0.1, 0.15) is 27.4 Å². The molecule has 0 fully saturated rings. The van der Waals surface area contributed by atoms with Crippen LogP contribution < -0.4 is 0 Å². The smallest absolute Gasteiger partial charge is 0.269 e. The Bertz CT molecular complexity index is 625. The summed E-state index contributed by atoms with van der Waals surface area (Å²) in [6, 6.07) is 7.70. The number of nitrogens with zero attached hydrogens (tertiary/aromatic N) is 1. The maximum atomic E-state index is 12.1. The molecule has 98 valence electrons. The van der Waals surface area contributed by atoms with Gasteiger partial charge in [0.15, 0.2) is 5.78 Å². The van der Waals surface area contributed by atoms with Crippen molar-refractivity contribution in [3.8, 4) is 0 Å². The quantitative estimate of drug-likeness (QED) is 0.480. The molecule has 0 aliphatic carbocycles. The number of Topliss-reactive ketones (excluding diaryl/α,β-unsaturated/α-hetero) is 1. The molecule has 1 aromatic heterocycles. The van der Waals surface area contributed by atoms with E-state index < -0.39 is 4.92 Å². The fourth-order valence-electron chi connectivity index (χ4n) is 1.92. The van der Waals surface area contributed by atoms with E-state index in [1.165, 1.54) is 12.1 Å². The van der Waals surface area contributed by atoms with Crippen LogP contribution in [0.2, 0.25) is 0 Å². The van der Waals surface area contributed by atoms with Crippen LogP contribution in [0.5, 0.6) is 0 Å². The number of non-ortho nitro benzene ring substituents is 1. The molecule has 0 amide bonds. The third kappa shape index (κ3) is 2.88. The van der Waals surface area contributed by atoms with Gasteiger partial charge in [-0.15, -0.1) is 0 Å². The predicted octanol–water partition coefficient (Wildman–Crippen LogP) is 3.23. The Balaban J connectivity index is 2.15. The van der Waals surface area contributed by atoms with Crippen LogP contribution in [0.15, 0.2) is 34.7 Å². The van der Waals surface area contributed by atoms with Crippen LogP contribution in [0.25, 0.3) is 0 Å². The van der Waals surface area contributed by atoms with Gasteiger partial charge in [0.25, 0.3) is 5.69 Å². The van der Waals surface area contributed by atoms with E-state index >= 15 is 0 Å². The van der Waals surface area contributed by atoms with Crippen molar-refractivity contribution in [3.05, 3.63) is 63.1 Å². The Morgan fingerprint density at radius 3 is 2.37 bits per heavy atom. The molecule has 0 spiro atoms. The summed E-state index contributed by atoms with van der Waals surface area (Å²) in [5.41, 5.74) is 1.33. The first-order valence-electron chi connectivity index (χ1n) is 5.81. The third-order valence-electron chi connectivity index (χ3n) is 2.85. The standard InChI is InChI=1S/C14H13NO4/c1-9-7-13(10(2)19-9)14(16)8-11-3-5-12(6-4-11)15(17)18/h3-7H,8H2,1-2H3. The van der Waals surface area contributed by atoms with E-state index in [1.54, 1.807) is 32.0 Å². The molecule has 2 rings (SSSR count). The molecule has 19 heavy (non-hydrogen) atoms. The normalized spacial score (nSPS) is 10.4. The number of ketones is 1. The molecule has 2 aromatic rings. The topological polar surface area (TPSA) is 73.3 Å². The average molecular weight is 259 g/mol. The van der Waals surface area contributed by atoms with Crippen LogP contribution in [-0.2, 0) is 6.42 Å². The Kier molecular flexibility index (Phi) is 3.46. The maximum absolute atomic E-state index is 12.1. The van der Waals surface area contributed by atoms with Gasteiger partial charge in [-0.2, -0.15) is 0 Å². The lowest BCUT2D eigenvalue weighted by atomic mass is 10.0. The Morgan fingerprint density at radius 2 is 1.89 bits per heavy atom. The number of hydrogen-bond acceptors (Lipinski definition) is 4. The molecule has 0 aliphatic heterocycles. The van der Waals surface area contributed by atoms with Crippen molar-refractivity contribution in [1.82, 2.24) is 0 Å². The van der Waals surface area contributed by atoms with Crippen LogP contribution in [0.4, 0.5) is 5.69 Å². The molecular formula is C14H13NO4. The highest BCUT2D eigenvalue weighted by molar-refractivity contribution is 5.98. The summed E-state index contributed by atoms with van der Waals surface area (Å²) in [5, 5.41) is 10.5. The van der Waals surface area contributed by atoms with Crippen molar-refractivity contribution in [1.29, 1.82) is 0 Å². The number of rotatable bonds is 4. The Morgan fingerprint density at radius 1 is 1.26 bits per heavy atom. The summed E-state index contributed by atoms with van der Waals surface area (Å²) >= 11 is 0. The lowest BCUT2D eigenvalue weighted by Crippen LogP contribution is -2.03. The maximum Gasteiger partial charge on any atom is 0.269 e. The largest absolute Gasteiger partial charge is 0.466 e. The fourth-order valence-corrected chi connectivity index (χ4v) is 1.92. The highest BCUT2D eigenvalue weighted by atomic mass is 16.6. The van der Waals surface area contributed by atoms with Gasteiger partial charge in [0, 0.05) is 18.6 Å². The second-order valence-corrected chi connectivity index (χ2v) is 4.35. The molecule has 5 heteroatoms. The fraction of sp³-hybridized carbons (Fsp3) is 0.214. The van der Waals surface area contributed by atoms with Crippen LogP contribution >= 0.6 is 0 Å². The van der Waals surface area contributed by atoms with Gasteiger partial charge < -0.3 is 4.42 Å². The highest BCUT2D eigenvalue weighted by Gasteiger charge is 2.14. The van der Waals surface area contributed by atoms with Crippen molar-refractivity contribution < 1.29 is 14.1 Å². The molecule has 0 aliphatic rings. The van der Waals surface area contributed by atoms with E-state index in [4.69, 9.17) is 4.42 Å². The van der Waals surface area contributed by atoms with E-state index in [0.717, 1.165) is 5.56 Å². The molecule has 0 saturated carbocycles. The molecule has 1 aromatic carbocycles. The summed E-state index contributed by atoms with van der Waals surface area (Å²) in [6.45, 7) is 3.53. The molecule has 0 saturated heterocycles. The lowest BCUT2D eigenvalue weighted by molar-refractivity contribution is -0.384. The second kappa shape index (κ2) is 5.06. The number of carbonyl (C=O) groups is 1. The number of nitro benzene ring substituents is 1. The zero-order chi connectivity index (χ0) is 14.0. The molecule has 1 heterocycles. The minimum atomic E-state index is -0.463. The lowest BCUT2D eigenvalue weighted by Gasteiger charge is -2.00. The molecule has 0 radical (unpaired) electrons. The van der Waals surface area contributed by atoms with Crippen molar-refractivity contribution in [2.45, 2.75) is 20.3 Å². The van der Waals surface area contributed by atoms with Crippen LogP contribution in [0.3, 0.4) is 0 Å². The minimum absolute atomic E-state index is 0.0199. The summed E-state index contributed by atoms with van der Waals surface area (Å²) in [5.74, 6) is 1.25. The van der Waals surface area contributed by atoms with Gasteiger partial charge in [-0.3, -0.25) is 14.9 Å².